The number of esters is 2. The highest BCUT2D eigenvalue weighted by Crippen LogP contribution is 2.29. The van der Waals surface area contributed by atoms with E-state index in [2.05, 4.69) is 17.6 Å². The molecule has 0 aliphatic heterocycles. The van der Waals surface area contributed by atoms with Gasteiger partial charge in [-0.2, -0.15) is 0 Å². The van der Waals surface area contributed by atoms with Crippen molar-refractivity contribution in [3.8, 4) is 11.3 Å². The van der Waals surface area contributed by atoms with Gasteiger partial charge in [0.2, 0.25) is 5.91 Å². The molecular weight excluding hydrogens is 472 g/mol. The molecular formula is C25H34N2O5S2. The number of unbranched alkanes of at least 4 members (excludes halogenated alkanes) is 2. The van der Waals surface area contributed by atoms with Gasteiger partial charge in [0, 0.05) is 37.5 Å². The number of hydrogen-bond donors (Lipinski definition) is 1. The van der Waals surface area contributed by atoms with E-state index in [0.717, 1.165) is 26.9 Å². The van der Waals surface area contributed by atoms with Crippen molar-refractivity contribution in [3.05, 3.63) is 35.2 Å². The molecule has 0 bridgehead atoms. The molecule has 2 aromatic rings. The second-order valence-electron chi connectivity index (χ2n) is 8.27. The summed E-state index contributed by atoms with van der Waals surface area (Å²) in [7, 11) is 0. The lowest BCUT2D eigenvalue weighted by atomic mass is 9.92. The molecule has 0 atom stereocenters. The van der Waals surface area contributed by atoms with Gasteiger partial charge < -0.3 is 14.8 Å². The number of carbonyl (C=O) groups is 3. The molecule has 0 radical (unpaired) electrons. The van der Waals surface area contributed by atoms with Crippen LogP contribution >= 0.6 is 23.1 Å². The summed E-state index contributed by atoms with van der Waals surface area (Å²) in [5.74, 6) is -0.126. The number of aryl methyl sites for hydroxylation is 1. The maximum absolute atomic E-state index is 11.9. The standard InChI is InChI=1S/C25H34N2O5S2/c1-5-6-7-14-33-24-26-23(15-34-24)22-10-8-21(9-11-22)12-13-25(27-18(2)28,16-31-19(3)29)17-32-20(4)30/h8-11,15H,5-7,12-14,16-17H2,1-4H3,(H,27,28). The highest BCUT2D eigenvalue weighted by molar-refractivity contribution is 8.01. The van der Waals surface area contributed by atoms with Crippen LogP contribution in [0, 0.1) is 0 Å². The van der Waals surface area contributed by atoms with Crippen molar-refractivity contribution in [2.75, 3.05) is 19.0 Å². The van der Waals surface area contributed by atoms with E-state index in [4.69, 9.17) is 14.5 Å². The van der Waals surface area contributed by atoms with Gasteiger partial charge in [-0.3, -0.25) is 14.4 Å². The number of aromatic nitrogens is 1. The molecule has 1 N–H and O–H groups in total. The van der Waals surface area contributed by atoms with Crippen molar-refractivity contribution in [3.63, 3.8) is 0 Å². The van der Waals surface area contributed by atoms with Crippen molar-refractivity contribution >= 4 is 40.9 Å². The first kappa shape index (κ1) is 27.9. The molecule has 1 heterocycles. The second-order valence-corrected chi connectivity index (χ2v) is 10.5. The van der Waals surface area contributed by atoms with E-state index in [1.807, 2.05) is 36.0 Å². The maximum atomic E-state index is 11.9. The molecule has 186 valence electrons. The molecule has 1 aromatic heterocycles. The van der Waals surface area contributed by atoms with Crippen molar-refractivity contribution in [1.82, 2.24) is 10.3 Å². The van der Waals surface area contributed by atoms with Crippen LogP contribution in [-0.4, -0.2) is 47.3 Å². The van der Waals surface area contributed by atoms with Crippen molar-refractivity contribution < 1.29 is 23.9 Å². The molecule has 7 nitrogen and oxygen atoms in total. The van der Waals surface area contributed by atoms with E-state index in [0.29, 0.717) is 12.8 Å². The first-order chi connectivity index (χ1) is 16.2. The number of amides is 1. The zero-order chi connectivity index (χ0) is 25.0. The normalized spacial score (nSPS) is 11.2. The lowest BCUT2D eigenvalue weighted by Gasteiger charge is -2.33. The van der Waals surface area contributed by atoms with Gasteiger partial charge in [-0.25, -0.2) is 4.98 Å². The Morgan fingerprint density at radius 1 is 1.03 bits per heavy atom. The first-order valence-electron chi connectivity index (χ1n) is 11.5. The molecule has 0 aliphatic rings. The minimum atomic E-state index is -0.999. The van der Waals surface area contributed by atoms with Crippen molar-refractivity contribution in [1.29, 1.82) is 0 Å². The van der Waals surface area contributed by atoms with Gasteiger partial charge in [0.05, 0.1) is 5.69 Å². The zero-order valence-electron chi connectivity index (χ0n) is 20.3. The Hall–Kier alpha value is -2.39. The fourth-order valence-electron chi connectivity index (χ4n) is 3.37. The molecule has 0 unspecified atom stereocenters. The predicted octanol–water partition coefficient (Wildman–Crippen LogP) is 5.03. The third-order valence-electron chi connectivity index (χ3n) is 5.14. The average Bonchev–Trinajstić information content (AvgIpc) is 3.26. The molecule has 0 aliphatic carbocycles. The first-order valence-corrected chi connectivity index (χ1v) is 13.3. The van der Waals surface area contributed by atoms with Gasteiger partial charge in [0.15, 0.2) is 4.34 Å². The minimum absolute atomic E-state index is 0.0786. The number of benzene rings is 1. The fourth-order valence-corrected chi connectivity index (χ4v) is 5.27. The summed E-state index contributed by atoms with van der Waals surface area (Å²) in [6, 6.07) is 8.13. The third kappa shape index (κ3) is 9.85. The summed E-state index contributed by atoms with van der Waals surface area (Å²) in [5, 5.41) is 4.92. The number of nitrogens with zero attached hydrogens (tertiary/aromatic N) is 1. The Kier molecular flexibility index (Phi) is 11.6. The fraction of sp³-hybridized carbons (Fsp3) is 0.520. The molecule has 0 spiro atoms. The highest BCUT2D eigenvalue weighted by atomic mass is 32.2. The second kappa shape index (κ2) is 14.1. The van der Waals surface area contributed by atoms with Gasteiger partial charge in [-0.1, -0.05) is 55.8 Å². The van der Waals surface area contributed by atoms with Gasteiger partial charge in [0.25, 0.3) is 0 Å². The SMILES string of the molecule is CCCCCSc1nc(-c2ccc(CCC(COC(C)=O)(COC(C)=O)NC(C)=O)cc2)cs1. The number of thiazole rings is 1. The van der Waals surface area contributed by atoms with E-state index < -0.39 is 17.5 Å². The molecule has 0 saturated carbocycles. The number of nitrogens with one attached hydrogen (secondary N) is 1. The van der Waals surface area contributed by atoms with Crippen LogP contribution < -0.4 is 5.32 Å². The van der Waals surface area contributed by atoms with E-state index in [1.165, 1.54) is 40.0 Å². The highest BCUT2D eigenvalue weighted by Gasteiger charge is 2.34. The molecule has 1 aromatic carbocycles. The molecule has 1 amide bonds. The third-order valence-corrected chi connectivity index (χ3v) is 7.25. The smallest absolute Gasteiger partial charge is 0.302 e. The number of thioether (sulfide) groups is 1. The lowest BCUT2D eigenvalue weighted by molar-refractivity contribution is -0.150. The van der Waals surface area contributed by atoms with Crippen LogP contribution in [0.2, 0.25) is 0 Å². The number of ether oxygens (including phenoxy) is 2. The summed E-state index contributed by atoms with van der Waals surface area (Å²) in [6.07, 6.45) is 4.70. The number of carbonyl (C=O) groups excluding carboxylic acids is 3. The van der Waals surface area contributed by atoms with Crippen LogP contribution in [0.3, 0.4) is 0 Å². The monoisotopic (exact) mass is 506 g/mol. The van der Waals surface area contributed by atoms with Crippen LogP contribution in [0.15, 0.2) is 34.0 Å². The molecule has 34 heavy (non-hydrogen) atoms. The molecule has 0 fully saturated rings. The van der Waals surface area contributed by atoms with Gasteiger partial charge in [-0.15, -0.1) is 11.3 Å². The summed E-state index contributed by atoms with van der Waals surface area (Å²) < 4.78 is 11.5. The Morgan fingerprint density at radius 3 is 2.24 bits per heavy atom. The summed E-state index contributed by atoms with van der Waals surface area (Å²) in [5.41, 5.74) is 2.06. The van der Waals surface area contributed by atoms with E-state index >= 15 is 0 Å². The van der Waals surface area contributed by atoms with E-state index in [1.54, 1.807) is 11.3 Å². The van der Waals surface area contributed by atoms with Gasteiger partial charge in [0.1, 0.15) is 18.8 Å². The van der Waals surface area contributed by atoms with Crippen molar-refractivity contribution in [2.24, 2.45) is 0 Å². The predicted molar refractivity (Wildman–Crippen MR) is 136 cm³/mol. The van der Waals surface area contributed by atoms with Crippen LogP contribution in [0.4, 0.5) is 0 Å². The summed E-state index contributed by atoms with van der Waals surface area (Å²) >= 11 is 3.48. The van der Waals surface area contributed by atoms with Gasteiger partial charge in [-0.05, 0) is 24.8 Å². The van der Waals surface area contributed by atoms with Crippen LogP contribution in [-0.2, 0) is 30.3 Å². The van der Waals surface area contributed by atoms with Gasteiger partial charge >= 0.3 is 11.9 Å². The van der Waals surface area contributed by atoms with Crippen LogP contribution in [0.5, 0.6) is 0 Å². The summed E-state index contributed by atoms with van der Waals surface area (Å²) in [6.45, 7) is 6.04. The average molecular weight is 507 g/mol. The summed E-state index contributed by atoms with van der Waals surface area (Å²) in [4.78, 5) is 39.4. The quantitative estimate of drug-likeness (QED) is 0.218. The number of rotatable bonds is 14. The Balaban J connectivity index is 2.05. The van der Waals surface area contributed by atoms with Crippen molar-refractivity contribution in [2.45, 2.75) is 69.7 Å². The lowest BCUT2D eigenvalue weighted by Crippen LogP contribution is -2.55. The Labute approximate surface area is 210 Å². The van der Waals surface area contributed by atoms with Crippen LogP contribution in [0.25, 0.3) is 11.3 Å². The Morgan fingerprint density at radius 2 is 1.68 bits per heavy atom. The molecule has 2 rings (SSSR count). The largest absolute Gasteiger partial charge is 0.463 e. The van der Waals surface area contributed by atoms with E-state index in [-0.39, 0.29) is 19.1 Å². The maximum Gasteiger partial charge on any atom is 0.302 e. The zero-order valence-corrected chi connectivity index (χ0v) is 22.0. The van der Waals surface area contributed by atoms with E-state index in [9.17, 15) is 14.4 Å². The topological polar surface area (TPSA) is 94.6 Å². The van der Waals surface area contributed by atoms with Crippen LogP contribution in [0.1, 0.15) is 58.9 Å². The molecule has 0 saturated heterocycles. The minimum Gasteiger partial charge on any atom is -0.463 e. The Bertz CT molecular complexity index is 925. The molecule has 9 heteroatoms. The number of hydrogen-bond acceptors (Lipinski definition) is 8.